The van der Waals surface area contributed by atoms with Crippen LogP contribution in [0, 0.1) is 0 Å². The van der Waals surface area contributed by atoms with Crippen molar-refractivity contribution in [1.29, 1.82) is 0 Å². The van der Waals surface area contributed by atoms with Crippen molar-refractivity contribution >= 4 is 17.5 Å². The van der Waals surface area contributed by atoms with Crippen molar-refractivity contribution in [2.24, 2.45) is 0 Å². The summed E-state index contributed by atoms with van der Waals surface area (Å²) in [5.41, 5.74) is 1.51. The quantitative estimate of drug-likeness (QED) is 0.743. The van der Waals surface area contributed by atoms with Gasteiger partial charge in [0, 0.05) is 22.4 Å². The molecule has 1 fully saturated rings. The number of benzene rings is 2. The molecule has 1 N–H and O–H groups in total. The Labute approximate surface area is 166 Å². The molecule has 146 valence electrons. The Morgan fingerprint density at radius 1 is 1.14 bits per heavy atom. The molecule has 0 bridgehead atoms. The second-order valence-corrected chi connectivity index (χ2v) is 7.86. The molecule has 0 spiro atoms. The van der Waals surface area contributed by atoms with Crippen molar-refractivity contribution < 1.29 is 24.2 Å². The Morgan fingerprint density at radius 2 is 1.86 bits per heavy atom. The monoisotopic (exact) mass is 390 g/mol. The van der Waals surface area contributed by atoms with E-state index in [0.717, 1.165) is 11.1 Å². The van der Waals surface area contributed by atoms with Gasteiger partial charge in [-0.25, -0.2) is 0 Å². The van der Waals surface area contributed by atoms with Crippen molar-refractivity contribution in [3.63, 3.8) is 0 Å². The van der Waals surface area contributed by atoms with Crippen LogP contribution in [0.3, 0.4) is 0 Å². The molecule has 7 nitrogen and oxygen atoms in total. The maximum atomic E-state index is 13.3. The van der Waals surface area contributed by atoms with Gasteiger partial charge in [-0.2, -0.15) is 0 Å². The number of carbonyl (C=O) groups excluding carboxylic acids is 2. The molecule has 0 aliphatic carbocycles. The fourth-order valence-electron chi connectivity index (χ4n) is 5.18. The van der Waals surface area contributed by atoms with Crippen LogP contribution in [0.2, 0.25) is 0 Å². The van der Waals surface area contributed by atoms with Crippen LogP contribution in [0.15, 0.2) is 43.0 Å². The highest BCUT2D eigenvalue weighted by molar-refractivity contribution is 6.05. The summed E-state index contributed by atoms with van der Waals surface area (Å²) in [5, 5.41) is 12.0. The van der Waals surface area contributed by atoms with Crippen LogP contribution in [0.4, 0.5) is 0 Å². The molecule has 7 heteroatoms. The molecule has 3 atom stereocenters. The zero-order valence-corrected chi connectivity index (χ0v) is 15.7. The zero-order chi connectivity index (χ0) is 20.1. The fourth-order valence-corrected chi connectivity index (χ4v) is 5.18. The predicted molar refractivity (Wildman–Crippen MR) is 102 cm³/mol. The first-order valence-electron chi connectivity index (χ1n) is 9.53. The molecule has 0 unspecified atom stereocenters. The van der Waals surface area contributed by atoms with Gasteiger partial charge in [0.05, 0.1) is 6.04 Å². The van der Waals surface area contributed by atoms with Crippen molar-refractivity contribution in [3.8, 4) is 11.5 Å². The Kier molecular flexibility index (Phi) is 2.97. The highest BCUT2D eigenvalue weighted by Gasteiger charge is 2.63. The summed E-state index contributed by atoms with van der Waals surface area (Å²) >= 11 is 0. The van der Waals surface area contributed by atoms with Crippen molar-refractivity contribution in [3.05, 3.63) is 65.2 Å². The second kappa shape index (κ2) is 5.18. The average molecular weight is 390 g/mol. The fraction of sp³-hybridized carbons (Fsp3) is 0.273. The molecule has 6 rings (SSSR count). The summed E-state index contributed by atoms with van der Waals surface area (Å²) in [6.45, 7) is 5.96. The molecule has 4 aliphatic heterocycles. The number of hydrogen-bond donors (Lipinski definition) is 1. The summed E-state index contributed by atoms with van der Waals surface area (Å²) in [5.74, 6) is 0.662. The molecule has 1 saturated heterocycles. The van der Waals surface area contributed by atoms with E-state index in [1.54, 1.807) is 36.1 Å². The minimum absolute atomic E-state index is 0.146. The number of nitrogens with zero attached hydrogens (tertiary/aromatic N) is 2. The molecule has 2 amide bonds. The molecule has 0 saturated carbocycles. The molecule has 0 radical (unpaired) electrons. The van der Waals surface area contributed by atoms with Gasteiger partial charge in [0.15, 0.2) is 17.2 Å². The van der Waals surface area contributed by atoms with Crippen LogP contribution >= 0.6 is 0 Å². The van der Waals surface area contributed by atoms with Crippen molar-refractivity contribution in [2.75, 3.05) is 6.79 Å². The highest BCUT2D eigenvalue weighted by atomic mass is 16.7. The number of hydrogen-bond acceptors (Lipinski definition) is 5. The van der Waals surface area contributed by atoms with Crippen molar-refractivity contribution in [2.45, 2.75) is 31.2 Å². The lowest BCUT2D eigenvalue weighted by Gasteiger charge is -2.54. The SMILES string of the molecule is C=C1c2cc3c(cc2C[C@H]2N1C(=O)[C@@H](C)N1C(=O)c4ccccc4[C@]21O)OCO3. The molecular weight excluding hydrogens is 372 g/mol. The maximum Gasteiger partial charge on any atom is 0.257 e. The minimum Gasteiger partial charge on any atom is -0.454 e. The van der Waals surface area contributed by atoms with Gasteiger partial charge in [0.25, 0.3) is 5.91 Å². The number of piperazine rings is 1. The largest absolute Gasteiger partial charge is 0.454 e. The van der Waals surface area contributed by atoms with Gasteiger partial charge in [-0.15, -0.1) is 0 Å². The van der Waals surface area contributed by atoms with E-state index in [9.17, 15) is 14.7 Å². The van der Waals surface area contributed by atoms with Crippen LogP contribution in [0.5, 0.6) is 11.5 Å². The van der Waals surface area contributed by atoms with Crippen LogP contribution in [-0.4, -0.2) is 45.6 Å². The lowest BCUT2D eigenvalue weighted by molar-refractivity contribution is -0.189. The number of ether oxygens (including phenoxy) is 2. The first-order valence-corrected chi connectivity index (χ1v) is 9.53. The summed E-state index contributed by atoms with van der Waals surface area (Å²) in [6.07, 6.45) is 0.359. The predicted octanol–water partition coefficient (Wildman–Crippen LogP) is 1.84. The Bertz CT molecular complexity index is 1140. The first kappa shape index (κ1) is 16.6. The average Bonchev–Trinajstić information content (AvgIpc) is 3.26. The van der Waals surface area contributed by atoms with E-state index in [1.807, 2.05) is 12.1 Å². The highest BCUT2D eigenvalue weighted by Crippen LogP contribution is 2.51. The summed E-state index contributed by atoms with van der Waals surface area (Å²) in [4.78, 5) is 29.3. The van der Waals surface area contributed by atoms with Crippen LogP contribution in [0.1, 0.15) is 34.0 Å². The van der Waals surface area contributed by atoms with E-state index in [-0.39, 0.29) is 18.6 Å². The second-order valence-electron chi connectivity index (χ2n) is 7.86. The molecular formula is C22H18N2O5. The third-order valence-electron chi connectivity index (χ3n) is 6.51. The van der Waals surface area contributed by atoms with E-state index < -0.39 is 17.8 Å². The van der Waals surface area contributed by atoms with Crippen LogP contribution in [0.25, 0.3) is 5.70 Å². The van der Waals surface area contributed by atoms with Crippen LogP contribution in [-0.2, 0) is 16.9 Å². The van der Waals surface area contributed by atoms with Gasteiger partial charge in [0.1, 0.15) is 6.04 Å². The smallest absolute Gasteiger partial charge is 0.257 e. The molecule has 4 aliphatic rings. The van der Waals surface area contributed by atoms with E-state index in [0.29, 0.717) is 34.7 Å². The zero-order valence-electron chi connectivity index (χ0n) is 15.7. The van der Waals surface area contributed by atoms with Gasteiger partial charge in [-0.05, 0) is 37.1 Å². The van der Waals surface area contributed by atoms with Crippen molar-refractivity contribution in [1.82, 2.24) is 9.80 Å². The number of fused-ring (bicyclic) bond motifs is 7. The summed E-state index contributed by atoms with van der Waals surface area (Å²) in [7, 11) is 0. The maximum absolute atomic E-state index is 13.3. The summed E-state index contributed by atoms with van der Waals surface area (Å²) < 4.78 is 11.0. The van der Waals surface area contributed by atoms with E-state index in [1.165, 1.54) is 4.90 Å². The lowest BCUT2D eigenvalue weighted by Crippen LogP contribution is -2.70. The standard InChI is InChI=1S/C22H18N2O5/c1-11-15-9-18-17(28-10-29-18)7-13(15)8-19-22(27)16-6-4-3-5-14(16)21(26)24(22)12(2)20(25)23(11)19/h3-7,9,12,19,27H,1,8,10H2,2H3/t12-,19-,22+/m1/s1. The molecule has 29 heavy (non-hydrogen) atoms. The van der Waals surface area contributed by atoms with Gasteiger partial charge < -0.3 is 19.5 Å². The van der Waals surface area contributed by atoms with Gasteiger partial charge in [-0.3, -0.25) is 14.5 Å². The molecule has 4 heterocycles. The van der Waals surface area contributed by atoms with Gasteiger partial charge in [-0.1, -0.05) is 24.8 Å². The molecule has 2 aromatic rings. The number of carbonyl (C=O) groups is 2. The molecule has 2 aromatic carbocycles. The van der Waals surface area contributed by atoms with E-state index >= 15 is 0 Å². The lowest BCUT2D eigenvalue weighted by atomic mass is 9.80. The molecule has 0 aromatic heterocycles. The Morgan fingerprint density at radius 3 is 2.66 bits per heavy atom. The Hall–Kier alpha value is -3.32. The number of rotatable bonds is 0. The third-order valence-corrected chi connectivity index (χ3v) is 6.51. The topological polar surface area (TPSA) is 79.3 Å². The van der Waals surface area contributed by atoms with E-state index in [4.69, 9.17) is 9.47 Å². The Balaban J connectivity index is 1.58. The number of amides is 2. The number of aliphatic hydroxyl groups is 1. The van der Waals surface area contributed by atoms with Gasteiger partial charge in [0.2, 0.25) is 12.7 Å². The first-order chi connectivity index (χ1) is 13.9. The van der Waals surface area contributed by atoms with E-state index in [2.05, 4.69) is 6.58 Å². The minimum atomic E-state index is -1.63. The third kappa shape index (κ3) is 1.81. The van der Waals surface area contributed by atoms with Crippen LogP contribution < -0.4 is 9.47 Å². The normalized spacial score (nSPS) is 28.8. The van der Waals surface area contributed by atoms with Gasteiger partial charge >= 0.3 is 0 Å². The summed E-state index contributed by atoms with van der Waals surface area (Å²) in [6, 6.07) is 9.21.